The van der Waals surface area contributed by atoms with Gasteiger partial charge in [-0.1, -0.05) is 23.2 Å². The van der Waals surface area contributed by atoms with E-state index < -0.39 is 15.9 Å². The van der Waals surface area contributed by atoms with Crippen LogP contribution in [0.1, 0.15) is 10.4 Å². The van der Waals surface area contributed by atoms with Crippen molar-refractivity contribution in [3.63, 3.8) is 0 Å². The molecule has 0 spiro atoms. The van der Waals surface area contributed by atoms with E-state index in [4.69, 9.17) is 23.2 Å². The zero-order valence-corrected chi connectivity index (χ0v) is 19.4. The summed E-state index contributed by atoms with van der Waals surface area (Å²) in [6.07, 6.45) is 0. The van der Waals surface area contributed by atoms with E-state index in [9.17, 15) is 13.2 Å². The number of sulfonamides is 1. The minimum Gasteiger partial charge on any atom is -0.367 e. The zero-order valence-electron chi connectivity index (χ0n) is 17.0. The largest absolute Gasteiger partial charge is 0.367 e. The lowest BCUT2D eigenvalue weighted by atomic mass is 10.1. The first-order valence-corrected chi connectivity index (χ1v) is 11.6. The highest BCUT2D eigenvalue weighted by Crippen LogP contribution is 2.31. The molecule has 1 aliphatic heterocycles. The second kappa shape index (κ2) is 9.11. The highest BCUT2D eigenvalue weighted by molar-refractivity contribution is 7.89. The van der Waals surface area contributed by atoms with Crippen molar-refractivity contribution in [2.45, 2.75) is 4.90 Å². The first kappa shape index (κ1) is 22.8. The van der Waals surface area contributed by atoms with Gasteiger partial charge in [-0.3, -0.25) is 4.79 Å². The Morgan fingerprint density at radius 2 is 1.70 bits per heavy atom. The molecule has 162 valence electrons. The number of carbonyl (C=O) groups is 1. The van der Waals surface area contributed by atoms with Crippen LogP contribution in [0.3, 0.4) is 0 Å². The fourth-order valence-corrected chi connectivity index (χ4v) is 4.47. The van der Waals surface area contributed by atoms with Gasteiger partial charge < -0.3 is 15.1 Å². The van der Waals surface area contributed by atoms with Gasteiger partial charge in [-0.05, 0) is 43.4 Å². The molecule has 1 saturated heterocycles. The number of hydrogen-bond donors (Lipinski definition) is 1. The highest BCUT2D eigenvalue weighted by atomic mass is 35.5. The van der Waals surface area contributed by atoms with Crippen LogP contribution < -0.4 is 10.2 Å². The third-order valence-electron chi connectivity index (χ3n) is 5.01. The number of likely N-dealkylation sites (N-methyl/N-ethyl adjacent to an activating group) is 1. The Balaban J connectivity index is 1.92. The van der Waals surface area contributed by atoms with Gasteiger partial charge in [-0.15, -0.1) is 0 Å². The van der Waals surface area contributed by atoms with Gasteiger partial charge in [0.05, 0.1) is 26.9 Å². The van der Waals surface area contributed by atoms with E-state index in [2.05, 4.69) is 22.2 Å². The lowest BCUT2D eigenvalue weighted by Crippen LogP contribution is -2.44. The quantitative estimate of drug-likeness (QED) is 0.725. The fourth-order valence-electron chi connectivity index (χ4n) is 3.17. The molecular formula is C20H24Cl2N4O3S. The molecule has 0 aromatic heterocycles. The molecule has 0 unspecified atom stereocenters. The van der Waals surface area contributed by atoms with E-state index in [1.165, 1.54) is 32.3 Å². The maximum atomic E-state index is 13.0. The summed E-state index contributed by atoms with van der Waals surface area (Å²) in [7, 11) is 1.23. The number of rotatable bonds is 5. The molecule has 1 fully saturated rings. The molecule has 7 nitrogen and oxygen atoms in total. The monoisotopic (exact) mass is 470 g/mol. The summed E-state index contributed by atoms with van der Waals surface area (Å²) in [5.74, 6) is -0.506. The Morgan fingerprint density at radius 1 is 1.03 bits per heavy atom. The van der Waals surface area contributed by atoms with E-state index in [0.717, 1.165) is 36.2 Å². The summed E-state index contributed by atoms with van der Waals surface area (Å²) >= 11 is 12.4. The van der Waals surface area contributed by atoms with Crippen molar-refractivity contribution in [3.8, 4) is 0 Å². The number of benzene rings is 2. The van der Waals surface area contributed by atoms with Crippen LogP contribution in [0.25, 0.3) is 0 Å². The first-order valence-electron chi connectivity index (χ1n) is 9.36. The number of nitrogens with one attached hydrogen (secondary N) is 1. The molecule has 0 radical (unpaired) electrons. The third-order valence-corrected chi connectivity index (χ3v) is 7.39. The Bertz CT molecular complexity index is 1050. The Morgan fingerprint density at radius 3 is 2.33 bits per heavy atom. The molecule has 1 N–H and O–H groups in total. The number of amides is 1. The number of nitrogens with zero attached hydrogens (tertiary/aromatic N) is 3. The van der Waals surface area contributed by atoms with E-state index >= 15 is 0 Å². The minimum atomic E-state index is -3.70. The van der Waals surface area contributed by atoms with Gasteiger partial charge in [-0.2, -0.15) is 0 Å². The van der Waals surface area contributed by atoms with Crippen LogP contribution in [-0.2, 0) is 10.0 Å². The fraction of sp³-hybridized carbons (Fsp3) is 0.350. The summed E-state index contributed by atoms with van der Waals surface area (Å²) in [5.41, 5.74) is 1.48. The smallest absolute Gasteiger partial charge is 0.257 e. The third kappa shape index (κ3) is 4.90. The number of anilines is 2. The highest BCUT2D eigenvalue weighted by Gasteiger charge is 2.23. The molecule has 30 heavy (non-hydrogen) atoms. The Kier molecular flexibility index (Phi) is 6.94. The van der Waals surface area contributed by atoms with Crippen molar-refractivity contribution >= 4 is 50.5 Å². The van der Waals surface area contributed by atoms with Gasteiger partial charge in [0, 0.05) is 45.3 Å². The van der Waals surface area contributed by atoms with E-state index in [1.54, 1.807) is 12.1 Å². The van der Waals surface area contributed by atoms with Gasteiger partial charge in [0.2, 0.25) is 10.0 Å². The Hall–Kier alpha value is -1.84. The minimum absolute atomic E-state index is 0.00700. The predicted octanol–water partition coefficient (Wildman–Crippen LogP) is 3.25. The predicted molar refractivity (Wildman–Crippen MR) is 121 cm³/mol. The molecule has 0 atom stereocenters. The van der Waals surface area contributed by atoms with Crippen molar-refractivity contribution in [3.05, 3.63) is 52.0 Å². The van der Waals surface area contributed by atoms with Gasteiger partial charge in [-0.25, -0.2) is 12.7 Å². The van der Waals surface area contributed by atoms with Gasteiger partial charge in [0.25, 0.3) is 5.91 Å². The molecule has 2 aromatic carbocycles. The first-order chi connectivity index (χ1) is 14.1. The molecule has 0 bridgehead atoms. The summed E-state index contributed by atoms with van der Waals surface area (Å²) in [6.45, 7) is 3.45. The zero-order chi connectivity index (χ0) is 22.1. The van der Waals surface area contributed by atoms with Crippen LogP contribution in [-0.4, -0.2) is 70.9 Å². The van der Waals surface area contributed by atoms with Crippen LogP contribution in [0, 0.1) is 0 Å². The molecule has 1 amide bonds. The average molecular weight is 471 g/mol. The van der Waals surface area contributed by atoms with Gasteiger partial charge in [0.1, 0.15) is 0 Å². The van der Waals surface area contributed by atoms with Crippen LogP contribution >= 0.6 is 23.2 Å². The van der Waals surface area contributed by atoms with Crippen LogP contribution in [0.15, 0.2) is 41.3 Å². The van der Waals surface area contributed by atoms with Crippen molar-refractivity contribution < 1.29 is 13.2 Å². The lowest BCUT2D eigenvalue weighted by Gasteiger charge is -2.35. The number of halogens is 2. The van der Waals surface area contributed by atoms with Crippen LogP contribution in [0.2, 0.25) is 10.0 Å². The Labute approximate surface area is 187 Å². The van der Waals surface area contributed by atoms with Crippen molar-refractivity contribution in [2.24, 2.45) is 0 Å². The lowest BCUT2D eigenvalue weighted by molar-refractivity contribution is 0.102. The molecule has 2 aromatic rings. The molecule has 1 aliphatic rings. The van der Waals surface area contributed by atoms with Gasteiger partial charge >= 0.3 is 0 Å². The summed E-state index contributed by atoms with van der Waals surface area (Å²) < 4.78 is 25.9. The molecule has 0 saturated carbocycles. The van der Waals surface area contributed by atoms with E-state index in [-0.39, 0.29) is 15.5 Å². The summed E-state index contributed by atoms with van der Waals surface area (Å²) in [6, 6.07) is 9.41. The van der Waals surface area contributed by atoms with Crippen molar-refractivity contribution in [1.29, 1.82) is 0 Å². The molecule has 0 aliphatic carbocycles. The van der Waals surface area contributed by atoms with Crippen molar-refractivity contribution in [2.75, 3.05) is 57.5 Å². The van der Waals surface area contributed by atoms with Crippen LogP contribution in [0.5, 0.6) is 0 Å². The van der Waals surface area contributed by atoms with E-state index in [1.807, 2.05) is 6.07 Å². The number of piperazine rings is 1. The number of hydrogen-bond acceptors (Lipinski definition) is 5. The van der Waals surface area contributed by atoms with E-state index in [0.29, 0.717) is 10.7 Å². The molecule has 1 heterocycles. The average Bonchev–Trinajstić information content (AvgIpc) is 2.69. The molecular weight excluding hydrogens is 447 g/mol. The normalized spacial score (nSPS) is 15.5. The molecule has 3 rings (SSSR count). The topological polar surface area (TPSA) is 73.0 Å². The SMILES string of the molecule is CN1CCN(c2ccc(Cl)cc2NC(=O)c2cc(S(=O)(=O)N(C)C)ccc2Cl)CC1. The maximum absolute atomic E-state index is 13.0. The second-order valence-corrected chi connectivity index (χ2v) is 10.3. The van der Waals surface area contributed by atoms with Crippen LogP contribution in [0.4, 0.5) is 11.4 Å². The maximum Gasteiger partial charge on any atom is 0.257 e. The number of carbonyl (C=O) groups excluding carboxylic acids is 1. The summed E-state index contributed by atoms with van der Waals surface area (Å²) in [4.78, 5) is 17.4. The van der Waals surface area contributed by atoms with Gasteiger partial charge in [0.15, 0.2) is 0 Å². The molecule has 10 heteroatoms. The standard InChI is InChI=1S/C20H24Cl2N4O3S/c1-24(2)30(28,29)15-5-6-17(22)16(13-15)20(27)23-18-12-14(21)4-7-19(18)26-10-8-25(3)9-11-26/h4-7,12-13H,8-11H2,1-3H3,(H,23,27). The summed E-state index contributed by atoms with van der Waals surface area (Å²) in [5, 5.41) is 3.50. The van der Waals surface area contributed by atoms with Crippen molar-refractivity contribution in [1.82, 2.24) is 9.21 Å². The second-order valence-electron chi connectivity index (χ2n) is 7.34.